The molecule has 29 heavy (non-hydrogen) atoms. The highest BCUT2D eigenvalue weighted by Gasteiger charge is 2.31. The van der Waals surface area contributed by atoms with Crippen molar-refractivity contribution < 1.29 is 42.0 Å². The minimum atomic E-state index is -4.75. The van der Waals surface area contributed by atoms with E-state index in [2.05, 4.69) is 10.1 Å². The molecule has 1 aromatic carbocycles. The SMILES string of the molecule is CC(C)(C)OC(=O)C[NH+]1CC[NH+](CC(=O)Nc2ccc(OC(F)(F)F)cc2)CC1. The average Bonchev–Trinajstić information content (AvgIpc) is 2.55. The van der Waals surface area contributed by atoms with Crippen LogP contribution in [0.4, 0.5) is 18.9 Å². The van der Waals surface area contributed by atoms with E-state index in [0.29, 0.717) is 12.2 Å². The maximum Gasteiger partial charge on any atom is 0.573 e. The summed E-state index contributed by atoms with van der Waals surface area (Å²) in [7, 11) is 0. The number of nitrogens with one attached hydrogen (secondary N) is 3. The Kier molecular flexibility index (Phi) is 7.48. The Morgan fingerprint density at radius 2 is 1.48 bits per heavy atom. The van der Waals surface area contributed by atoms with Gasteiger partial charge in [-0.15, -0.1) is 13.2 Å². The van der Waals surface area contributed by atoms with Crippen molar-refractivity contribution >= 4 is 17.6 Å². The standard InChI is InChI=1S/C19H26F3N3O4/c1-18(2,3)29-17(27)13-25-10-8-24(9-11-25)12-16(26)23-14-4-6-15(7-5-14)28-19(20,21)22/h4-7H,8-13H2,1-3H3,(H,23,26)/p+2. The second-order valence-corrected chi connectivity index (χ2v) is 8.06. The summed E-state index contributed by atoms with van der Waals surface area (Å²) >= 11 is 0. The second-order valence-electron chi connectivity index (χ2n) is 8.06. The monoisotopic (exact) mass is 419 g/mol. The summed E-state index contributed by atoms with van der Waals surface area (Å²) in [4.78, 5) is 26.3. The van der Waals surface area contributed by atoms with E-state index in [0.717, 1.165) is 48.1 Å². The Morgan fingerprint density at radius 3 is 1.97 bits per heavy atom. The van der Waals surface area contributed by atoms with Gasteiger partial charge in [0.25, 0.3) is 5.91 Å². The average molecular weight is 419 g/mol. The summed E-state index contributed by atoms with van der Waals surface area (Å²) in [6, 6.07) is 5.01. The van der Waals surface area contributed by atoms with Gasteiger partial charge in [0.15, 0.2) is 13.1 Å². The maximum absolute atomic E-state index is 12.2. The van der Waals surface area contributed by atoms with Gasteiger partial charge in [-0.2, -0.15) is 0 Å². The summed E-state index contributed by atoms with van der Waals surface area (Å²) in [6.45, 7) is 9.04. The van der Waals surface area contributed by atoms with Crippen LogP contribution < -0.4 is 19.9 Å². The molecular weight excluding hydrogens is 391 g/mol. The molecule has 1 fully saturated rings. The number of esters is 1. The number of alkyl halides is 3. The molecule has 0 atom stereocenters. The lowest BCUT2D eigenvalue weighted by molar-refractivity contribution is -1.00. The van der Waals surface area contributed by atoms with Crippen LogP contribution in [-0.2, 0) is 14.3 Å². The Labute approximate surface area is 167 Å². The normalized spacial score (nSPS) is 20.1. The Morgan fingerprint density at radius 1 is 0.966 bits per heavy atom. The number of carbonyl (C=O) groups excluding carboxylic acids is 2. The largest absolute Gasteiger partial charge is 0.573 e. The molecule has 1 aliphatic rings. The van der Waals surface area contributed by atoms with Crippen LogP contribution in [0.1, 0.15) is 20.8 Å². The van der Waals surface area contributed by atoms with Crippen LogP contribution in [0.5, 0.6) is 5.75 Å². The van der Waals surface area contributed by atoms with E-state index in [1.165, 1.54) is 12.1 Å². The molecule has 0 spiro atoms. The minimum Gasteiger partial charge on any atom is -0.456 e. The molecule has 10 heteroatoms. The van der Waals surface area contributed by atoms with Crippen molar-refractivity contribution in [1.82, 2.24) is 0 Å². The molecule has 0 radical (unpaired) electrons. The molecule has 0 aromatic heterocycles. The van der Waals surface area contributed by atoms with Crippen LogP contribution in [0.3, 0.4) is 0 Å². The quantitative estimate of drug-likeness (QED) is 0.552. The van der Waals surface area contributed by atoms with Crippen LogP contribution in [0.15, 0.2) is 24.3 Å². The van der Waals surface area contributed by atoms with Gasteiger partial charge in [0.2, 0.25) is 0 Å². The number of hydrogen-bond acceptors (Lipinski definition) is 4. The first-order chi connectivity index (χ1) is 13.4. The number of hydrogen-bond donors (Lipinski definition) is 3. The van der Waals surface area contributed by atoms with E-state index < -0.39 is 12.0 Å². The fourth-order valence-corrected chi connectivity index (χ4v) is 3.06. The van der Waals surface area contributed by atoms with Crippen molar-refractivity contribution in [2.75, 3.05) is 44.6 Å². The van der Waals surface area contributed by atoms with Crippen molar-refractivity contribution in [3.8, 4) is 5.75 Å². The first-order valence-corrected chi connectivity index (χ1v) is 9.44. The molecule has 2 rings (SSSR count). The summed E-state index contributed by atoms with van der Waals surface area (Å²) in [5.74, 6) is -0.795. The van der Waals surface area contributed by atoms with Gasteiger partial charge in [-0.3, -0.25) is 4.79 Å². The molecule has 3 N–H and O–H groups in total. The van der Waals surface area contributed by atoms with Crippen molar-refractivity contribution in [3.63, 3.8) is 0 Å². The van der Waals surface area contributed by atoms with Crippen molar-refractivity contribution in [3.05, 3.63) is 24.3 Å². The first kappa shape index (κ1) is 23.0. The van der Waals surface area contributed by atoms with Gasteiger partial charge in [0, 0.05) is 5.69 Å². The number of amides is 1. The zero-order valence-electron chi connectivity index (χ0n) is 16.8. The minimum absolute atomic E-state index is 0.222. The van der Waals surface area contributed by atoms with Crippen LogP contribution >= 0.6 is 0 Å². The first-order valence-electron chi connectivity index (χ1n) is 9.44. The molecule has 0 saturated carbocycles. The number of ether oxygens (including phenoxy) is 2. The van der Waals surface area contributed by atoms with Gasteiger partial charge in [0.1, 0.15) is 37.5 Å². The molecule has 0 bridgehead atoms. The molecule has 1 amide bonds. The van der Waals surface area contributed by atoms with E-state index in [1.807, 2.05) is 20.8 Å². The molecule has 1 aromatic rings. The molecule has 7 nitrogen and oxygen atoms in total. The van der Waals surface area contributed by atoms with Gasteiger partial charge in [-0.25, -0.2) is 4.79 Å². The third kappa shape index (κ3) is 9.14. The molecular formula is C19H28F3N3O4+2. The molecule has 162 valence electrons. The van der Waals surface area contributed by atoms with Gasteiger partial charge < -0.3 is 24.6 Å². The number of piperazine rings is 1. The Bertz CT molecular complexity index is 694. The van der Waals surface area contributed by atoms with Crippen LogP contribution in [-0.4, -0.2) is 63.1 Å². The Hall–Kier alpha value is -2.33. The summed E-state index contributed by atoms with van der Waals surface area (Å²) in [5.41, 5.74) is -0.100. The van der Waals surface area contributed by atoms with Crippen molar-refractivity contribution in [2.45, 2.75) is 32.7 Å². The number of rotatable bonds is 6. The van der Waals surface area contributed by atoms with Gasteiger partial charge in [0.05, 0.1) is 0 Å². The summed E-state index contributed by atoms with van der Waals surface area (Å²) in [6.07, 6.45) is -4.75. The topological polar surface area (TPSA) is 73.5 Å². The maximum atomic E-state index is 12.2. The number of halogens is 3. The van der Waals surface area contributed by atoms with Gasteiger partial charge in [-0.05, 0) is 45.0 Å². The van der Waals surface area contributed by atoms with Gasteiger partial charge in [-0.1, -0.05) is 0 Å². The highest BCUT2D eigenvalue weighted by Crippen LogP contribution is 2.23. The highest BCUT2D eigenvalue weighted by atomic mass is 19.4. The Balaban J connectivity index is 1.72. The molecule has 1 aliphatic heterocycles. The smallest absolute Gasteiger partial charge is 0.456 e. The van der Waals surface area contributed by atoms with E-state index in [4.69, 9.17) is 4.74 Å². The van der Waals surface area contributed by atoms with E-state index >= 15 is 0 Å². The predicted molar refractivity (Wildman–Crippen MR) is 98.7 cm³/mol. The van der Waals surface area contributed by atoms with Gasteiger partial charge >= 0.3 is 12.3 Å². The summed E-state index contributed by atoms with van der Waals surface area (Å²) in [5, 5.41) is 2.67. The van der Waals surface area contributed by atoms with Crippen molar-refractivity contribution in [1.29, 1.82) is 0 Å². The molecule has 0 aliphatic carbocycles. The number of anilines is 1. The lowest BCUT2D eigenvalue weighted by atomic mass is 10.2. The highest BCUT2D eigenvalue weighted by molar-refractivity contribution is 5.91. The number of carbonyl (C=O) groups is 2. The molecule has 1 saturated heterocycles. The zero-order chi connectivity index (χ0) is 21.7. The van der Waals surface area contributed by atoms with Crippen molar-refractivity contribution in [2.24, 2.45) is 0 Å². The fourth-order valence-electron chi connectivity index (χ4n) is 3.06. The number of benzene rings is 1. The van der Waals surface area contributed by atoms with E-state index in [-0.39, 0.29) is 24.2 Å². The van der Waals surface area contributed by atoms with Crippen LogP contribution in [0, 0.1) is 0 Å². The second kappa shape index (κ2) is 9.45. The van der Waals surface area contributed by atoms with E-state index in [9.17, 15) is 22.8 Å². The van der Waals surface area contributed by atoms with Crippen LogP contribution in [0.2, 0.25) is 0 Å². The predicted octanol–water partition coefficient (Wildman–Crippen LogP) is -0.351. The lowest BCUT2D eigenvalue weighted by Gasteiger charge is -2.29. The van der Waals surface area contributed by atoms with Crippen LogP contribution in [0.25, 0.3) is 0 Å². The third-order valence-electron chi connectivity index (χ3n) is 4.26. The lowest BCUT2D eigenvalue weighted by Crippen LogP contribution is -3.28. The fraction of sp³-hybridized carbons (Fsp3) is 0.579. The molecule has 0 unspecified atom stereocenters. The number of quaternary nitrogens is 2. The van der Waals surface area contributed by atoms with E-state index in [1.54, 1.807) is 0 Å². The summed E-state index contributed by atoms with van der Waals surface area (Å²) < 4.78 is 45.6. The third-order valence-corrected chi connectivity index (χ3v) is 4.26. The zero-order valence-corrected chi connectivity index (χ0v) is 16.8. The molecule has 1 heterocycles.